The van der Waals surface area contributed by atoms with Gasteiger partial charge in [0.2, 0.25) is 0 Å². The number of halogens is 1. The summed E-state index contributed by atoms with van der Waals surface area (Å²) in [6.45, 7) is 10.8. The van der Waals surface area contributed by atoms with Crippen molar-refractivity contribution in [3.8, 4) is 0 Å². The van der Waals surface area contributed by atoms with Gasteiger partial charge in [0, 0.05) is 51.5 Å². The summed E-state index contributed by atoms with van der Waals surface area (Å²) in [6.07, 6.45) is 0.949. The molecule has 1 heterocycles. The fourth-order valence-corrected chi connectivity index (χ4v) is 3.45. The minimum absolute atomic E-state index is 0.172. The van der Waals surface area contributed by atoms with Gasteiger partial charge < -0.3 is 20.1 Å². The molecule has 1 aromatic carbocycles. The zero-order chi connectivity index (χ0) is 20.2. The summed E-state index contributed by atoms with van der Waals surface area (Å²) in [7, 11) is 1.80. The van der Waals surface area contributed by atoms with Gasteiger partial charge in [0.05, 0.1) is 19.3 Å². The van der Waals surface area contributed by atoms with E-state index in [0.29, 0.717) is 5.92 Å². The Bertz CT molecular complexity index is 592. The third-order valence-electron chi connectivity index (χ3n) is 4.65. The molecule has 1 saturated heterocycles. The molecule has 0 amide bonds. The topological polar surface area (TPSA) is 58.1 Å². The van der Waals surface area contributed by atoms with E-state index in [9.17, 15) is 0 Å². The Morgan fingerprint density at radius 3 is 2.68 bits per heavy atom. The maximum atomic E-state index is 6.50. The maximum absolute atomic E-state index is 6.50. The number of aliphatic imine (C=N–C) groups is 1. The fourth-order valence-electron chi connectivity index (χ4n) is 3.18. The van der Waals surface area contributed by atoms with Crippen molar-refractivity contribution < 1.29 is 9.47 Å². The van der Waals surface area contributed by atoms with Crippen LogP contribution in [0.25, 0.3) is 0 Å². The van der Waals surface area contributed by atoms with Gasteiger partial charge in [0.1, 0.15) is 0 Å². The number of hydrogen-bond acceptors (Lipinski definition) is 4. The Morgan fingerprint density at radius 1 is 1.25 bits per heavy atom. The third-order valence-corrected chi connectivity index (χ3v) is 4.99. The Balaban J connectivity index is 1.86. The molecule has 1 fully saturated rings. The lowest BCUT2D eigenvalue weighted by Crippen LogP contribution is -2.46. The van der Waals surface area contributed by atoms with E-state index >= 15 is 0 Å². The molecule has 0 radical (unpaired) electrons. The zero-order valence-corrected chi connectivity index (χ0v) is 18.2. The predicted octanol–water partition coefficient (Wildman–Crippen LogP) is 2.94. The minimum Gasteiger partial charge on any atom is -0.381 e. The van der Waals surface area contributed by atoms with Crippen molar-refractivity contribution in [3.63, 3.8) is 0 Å². The van der Waals surface area contributed by atoms with Crippen molar-refractivity contribution >= 4 is 17.6 Å². The second-order valence-corrected chi connectivity index (χ2v) is 7.80. The second-order valence-electron chi connectivity index (χ2n) is 7.39. The SMILES string of the molecule is CN=C(NCCCOCC(C)C)NCC(c1ccccc1Cl)N1CCOCC1. The molecule has 158 valence electrons. The van der Waals surface area contributed by atoms with Crippen LogP contribution in [0.3, 0.4) is 0 Å². The van der Waals surface area contributed by atoms with Crippen molar-refractivity contribution in [2.45, 2.75) is 26.3 Å². The monoisotopic (exact) mass is 410 g/mol. The molecule has 0 bridgehead atoms. The highest BCUT2D eigenvalue weighted by molar-refractivity contribution is 6.31. The molecule has 1 aromatic rings. The van der Waals surface area contributed by atoms with E-state index in [1.165, 1.54) is 0 Å². The smallest absolute Gasteiger partial charge is 0.191 e. The molecule has 1 unspecified atom stereocenters. The molecule has 7 heteroatoms. The van der Waals surface area contributed by atoms with Crippen LogP contribution in [-0.4, -0.2) is 70.5 Å². The Labute approximate surface area is 174 Å². The molecule has 0 saturated carbocycles. The molecule has 0 aromatic heterocycles. The second kappa shape index (κ2) is 13.0. The van der Waals surface area contributed by atoms with Crippen molar-refractivity contribution in [3.05, 3.63) is 34.9 Å². The van der Waals surface area contributed by atoms with Crippen molar-refractivity contribution in [2.75, 3.05) is 59.7 Å². The third kappa shape index (κ3) is 7.95. The molecule has 1 aliphatic rings. The number of guanidine groups is 1. The van der Waals surface area contributed by atoms with E-state index < -0.39 is 0 Å². The number of benzene rings is 1. The fraction of sp³-hybridized carbons (Fsp3) is 0.667. The number of ether oxygens (including phenoxy) is 2. The molecule has 1 aliphatic heterocycles. The van der Waals surface area contributed by atoms with E-state index in [1.54, 1.807) is 7.05 Å². The van der Waals surface area contributed by atoms with Gasteiger partial charge in [-0.25, -0.2) is 0 Å². The maximum Gasteiger partial charge on any atom is 0.191 e. The average Bonchev–Trinajstić information content (AvgIpc) is 2.71. The van der Waals surface area contributed by atoms with Crippen LogP contribution in [0.15, 0.2) is 29.3 Å². The van der Waals surface area contributed by atoms with E-state index in [4.69, 9.17) is 21.1 Å². The number of morpholine rings is 1. The van der Waals surface area contributed by atoms with Gasteiger partial charge in [0.15, 0.2) is 5.96 Å². The van der Waals surface area contributed by atoms with E-state index in [1.807, 2.05) is 18.2 Å². The molecule has 2 N–H and O–H groups in total. The molecule has 2 rings (SSSR count). The Hall–Kier alpha value is -1.34. The van der Waals surface area contributed by atoms with Crippen LogP contribution in [0, 0.1) is 5.92 Å². The number of nitrogens with zero attached hydrogens (tertiary/aromatic N) is 2. The summed E-state index contributed by atoms with van der Waals surface area (Å²) in [5.41, 5.74) is 1.14. The standard InChI is InChI=1S/C21H35ClN4O2/c1-17(2)16-28-12-6-9-24-21(23-3)25-15-20(26-10-13-27-14-11-26)18-7-4-5-8-19(18)22/h4-5,7-8,17,20H,6,9-16H2,1-3H3,(H2,23,24,25). The van der Waals surface area contributed by atoms with E-state index in [-0.39, 0.29) is 6.04 Å². The number of nitrogens with one attached hydrogen (secondary N) is 2. The average molecular weight is 411 g/mol. The van der Waals surface area contributed by atoms with E-state index in [2.05, 4.69) is 40.4 Å². The van der Waals surface area contributed by atoms with Crippen LogP contribution in [0.5, 0.6) is 0 Å². The first-order valence-electron chi connectivity index (χ1n) is 10.2. The summed E-state index contributed by atoms with van der Waals surface area (Å²) in [6, 6.07) is 8.24. The van der Waals surface area contributed by atoms with Crippen LogP contribution >= 0.6 is 11.6 Å². The van der Waals surface area contributed by atoms with Crippen molar-refractivity contribution in [1.82, 2.24) is 15.5 Å². The predicted molar refractivity (Wildman–Crippen MR) is 116 cm³/mol. The molecular formula is C21H35ClN4O2. The minimum atomic E-state index is 0.172. The summed E-state index contributed by atoms with van der Waals surface area (Å²) in [5, 5.41) is 7.62. The quantitative estimate of drug-likeness (QED) is 0.353. The van der Waals surface area contributed by atoms with Gasteiger partial charge in [-0.3, -0.25) is 9.89 Å². The summed E-state index contributed by atoms with van der Waals surface area (Å²) in [5.74, 6) is 1.37. The molecule has 0 spiro atoms. The summed E-state index contributed by atoms with van der Waals surface area (Å²) in [4.78, 5) is 6.77. The van der Waals surface area contributed by atoms with Crippen LogP contribution in [0.4, 0.5) is 0 Å². The highest BCUT2D eigenvalue weighted by Crippen LogP contribution is 2.27. The molecule has 0 aliphatic carbocycles. The molecule has 1 atom stereocenters. The van der Waals surface area contributed by atoms with E-state index in [0.717, 1.165) is 75.6 Å². The van der Waals surface area contributed by atoms with Crippen molar-refractivity contribution in [2.24, 2.45) is 10.9 Å². The van der Waals surface area contributed by atoms with Gasteiger partial charge in [0.25, 0.3) is 0 Å². The molecule has 28 heavy (non-hydrogen) atoms. The Kier molecular flexibility index (Phi) is 10.6. The highest BCUT2D eigenvalue weighted by atomic mass is 35.5. The first-order valence-corrected chi connectivity index (χ1v) is 10.6. The van der Waals surface area contributed by atoms with Crippen LogP contribution in [0.1, 0.15) is 31.9 Å². The van der Waals surface area contributed by atoms with Gasteiger partial charge in [-0.1, -0.05) is 43.6 Å². The first-order chi connectivity index (χ1) is 13.6. The lowest BCUT2D eigenvalue weighted by molar-refractivity contribution is 0.0170. The van der Waals surface area contributed by atoms with Gasteiger partial charge in [-0.05, 0) is 24.0 Å². The lowest BCUT2D eigenvalue weighted by atomic mass is 10.0. The van der Waals surface area contributed by atoms with Crippen LogP contribution < -0.4 is 10.6 Å². The largest absolute Gasteiger partial charge is 0.381 e. The lowest BCUT2D eigenvalue weighted by Gasteiger charge is -2.35. The van der Waals surface area contributed by atoms with Crippen LogP contribution in [0.2, 0.25) is 5.02 Å². The summed E-state index contributed by atoms with van der Waals surface area (Å²) < 4.78 is 11.1. The summed E-state index contributed by atoms with van der Waals surface area (Å²) >= 11 is 6.50. The van der Waals surface area contributed by atoms with Gasteiger partial charge in [-0.2, -0.15) is 0 Å². The Morgan fingerprint density at radius 2 is 2.00 bits per heavy atom. The molecular weight excluding hydrogens is 376 g/mol. The normalized spacial score (nSPS) is 17.0. The zero-order valence-electron chi connectivity index (χ0n) is 17.4. The molecule has 6 nitrogen and oxygen atoms in total. The van der Waals surface area contributed by atoms with Crippen molar-refractivity contribution in [1.29, 1.82) is 0 Å². The first kappa shape index (κ1) is 22.9. The van der Waals surface area contributed by atoms with Gasteiger partial charge in [-0.15, -0.1) is 0 Å². The number of rotatable bonds is 10. The highest BCUT2D eigenvalue weighted by Gasteiger charge is 2.24. The number of hydrogen-bond donors (Lipinski definition) is 2. The van der Waals surface area contributed by atoms with Gasteiger partial charge >= 0.3 is 0 Å². The van der Waals surface area contributed by atoms with Crippen LogP contribution in [-0.2, 0) is 9.47 Å².